The second-order valence-electron chi connectivity index (χ2n) is 5.12. The maximum absolute atomic E-state index is 11.8. The highest BCUT2D eigenvalue weighted by Crippen LogP contribution is 2.40. The Morgan fingerprint density at radius 1 is 1.41 bits per heavy atom. The molecule has 0 bridgehead atoms. The van der Waals surface area contributed by atoms with E-state index >= 15 is 0 Å². The molecule has 2 fully saturated rings. The fraction of sp³-hybridized carbons (Fsp3) is 0.917. The molecule has 0 amide bonds. The smallest absolute Gasteiger partial charge is 0.311 e. The van der Waals surface area contributed by atoms with Crippen LogP contribution < -0.4 is 0 Å². The van der Waals surface area contributed by atoms with E-state index in [4.69, 9.17) is 14.2 Å². The van der Waals surface area contributed by atoms with E-state index in [0.29, 0.717) is 19.4 Å². The molecule has 4 unspecified atom stereocenters. The van der Waals surface area contributed by atoms with Crippen LogP contribution in [-0.4, -0.2) is 41.8 Å². The molecule has 17 heavy (non-hydrogen) atoms. The molecule has 5 nitrogen and oxygen atoms in total. The number of hydrogen-bond donors (Lipinski definition) is 1. The summed E-state index contributed by atoms with van der Waals surface area (Å²) in [6.45, 7) is 5.75. The molecule has 4 atom stereocenters. The number of fused-ring (bicyclic) bond motifs is 1. The Labute approximate surface area is 101 Å². The molecule has 1 saturated carbocycles. The van der Waals surface area contributed by atoms with Crippen molar-refractivity contribution in [1.82, 2.24) is 0 Å². The van der Waals surface area contributed by atoms with Crippen molar-refractivity contribution >= 4 is 5.97 Å². The summed E-state index contributed by atoms with van der Waals surface area (Å²) in [5.41, 5.74) is 0. The molecule has 98 valence electrons. The highest BCUT2D eigenvalue weighted by Gasteiger charge is 2.51. The van der Waals surface area contributed by atoms with Gasteiger partial charge in [0.05, 0.1) is 24.7 Å². The first-order valence-corrected chi connectivity index (χ1v) is 6.13. The highest BCUT2D eigenvalue weighted by molar-refractivity contribution is 5.73. The number of aliphatic hydroxyl groups is 1. The van der Waals surface area contributed by atoms with Gasteiger partial charge in [-0.15, -0.1) is 0 Å². The van der Waals surface area contributed by atoms with Crippen molar-refractivity contribution in [3.05, 3.63) is 0 Å². The molecule has 1 aliphatic heterocycles. The molecule has 0 aromatic carbocycles. The second kappa shape index (κ2) is 4.55. The Bertz CT molecular complexity index is 301. The summed E-state index contributed by atoms with van der Waals surface area (Å²) in [5, 5.41) is 9.77. The fourth-order valence-electron chi connectivity index (χ4n) is 2.66. The molecule has 0 radical (unpaired) electrons. The number of esters is 1. The van der Waals surface area contributed by atoms with Crippen LogP contribution in [0.15, 0.2) is 0 Å². The van der Waals surface area contributed by atoms with Gasteiger partial charge < -0.3 is 19.3 Å². The molecular weight excluding hydrogens is 224 g/mol. The number of carbonyl (C=O) groups excluding carboxylic acids is 1. The number of rotatable bonds is 2. The lowest BCUT2D eigenvalue weighted by Gasteiger charge is -2.32. The van der Waals surface area contributed by atoms with Crippen molar-refractivity contribution in [3.63, 3.8) is 0 Å². The van der Waals surface area contributed by atoms with E-state index in [9.17, 15) is 9.90 Å². The lowest BCUT2D eigenvalue weighted by molar-refractivity contribution is -0.164. The van der Waals surface area contributed by atoms with E-state index in [-0.39, 0.29) is 18.2 Å². The van der Waals surface area contributed by atoms with E-state index in [1.54, 1.807) is 6.92 Å². The van der Waals surface area contributed by atoms with Crippen molar-refractivity contribution in [2.24, 2.45) is 5.92 Å². The lowest BCUT2D eigenvalue weighted by Crippen LogP contribution is -2.45. The van der Waals surface area contributed by atoms with Crippen LogP contribution in [-0.2, 0) is 19.0 Å². The molecule has 2 rings (SSSR count). The third kappa shape index (κ3) is 2.61. The van der Waals surface area contributed by atoms with Crippen LogP contribution in [0.5, 0.6) is 0 Å². The van der Waals surface area contributed by atoms with E-state index in [1.165, 1.54) is 0 Å². The Hall–Kier alpha value is -0.650. The molecule has 5 heteroatoms. The summed E-state index contributed by atoms with van der Waals surface area (Å²) in [6.07, 6.45) is -0.137. The van der Waals surface area contributed by atoms with E-state index in [1.807, 2.05) is 13.8 Å². The zero-order valence-corrected chi connectivity index (χ0v) is 10.5. The van der Waals surface area contributed by atoms with Gasteiger partial charge in [-0.2, -0.15) is 0 Å². The van der Waals surface area contributed by atoms with Crippen LogP contribution in [0.25, 0.3) is 0 Å². The normalized spacial score (nSPS) is 39.8. The Balaban J connectivity index is 2.12. The lowest BCUT2D eigenvalue weighted by atomic mass is 9.83. The zero-order chi connectivity index (χ0) is 12.6. The maximum atomic E-state index is 11.8. The average Bonchev–Trinajstić information content (AvgIpc) is 2.51. The van der Waals surface area contributed by atoms with Gasteiger partial charge in [-0.25, -0.2) is 0 Å². The van der Waals surface area contributed by atoms with Gasteiger partial charge in [0.2, 0.25) is 0 Å². The number of carbonyl (C=O) groups is 1. The molecule has 0 aromatic rings. The predicted octanol–water partition coefficient (Wildman–Crippen LogP) is 0.840. The summed E-state index contributed by atoms with van der Waals surface area (Å²) in [6, 6.07) is 0. The van der Waals surface area contributed by atoms with Crippen molar-refractivity contribution in [1.29, 1.82) is 0 Å². The monoisotopic (exact) mass is 244 g/mol. The summed E-state index contributed by atoms with van der Waals surface area (Å²) in [4.78, 5) is 11.8. The average molecular weight is 244 g/mol. The number of hydrogen-bond acceptors (Lipinski definition) is 5. The Kier molecular flexibility index (Phi) is 3.43. The standard InChI is InChI=1S/C12H20O5/c1-4-15-11(14)8-5-7(13)6-9-10(8)17-12(2,3)16-9/h7-10,13H,4-6H2,1-3H3. The molecule has 1 N–H and O–H groups in total. The van der Waals surface area contributed by atoms with Crippen LogP contribution in [0.1, 0.15) is 33.6 Å². The molecule has 0 spiro atoms. The first kappa shape index (κ1) is 12.8. The minimum Gasteiger partial charge on any atom is -0.466 e. The van der Waals surface area contributed by atoms with E-state index in [2.05, 4.69) is 0 Å². The van der Waals surface area contributed by atoms with Gasteiger partial charge in [0.1, 0.15) is 6.10 Å². The molecular formula is C12H20O5. The molecule has 1 heterocycles. The minimum absolute atomic E-state index is 0.219. The fourth-order valence-corrected chi connectivity index (χ4v) is 2.66. The summed E-state index contributed by atoms with van der Waals surface area (Å²) < 4.78 is 16.5. The topological polar surface area (TPSA) is 65.0 Å². The van der Waals surface area contributed by atoms with Crippen molar-refractivity contribution < 1.29 is 24.1 Å². The van der Waals surface area contributed by atoms with Gasteiger partial charge in [0, 0.05) is 6.42 Å². The SMILES string of the molecule is CCOC(=O)C1CC(O)CC2OC(C)(C)OC21. The van der Waals surface area contributed by atoms with Crippen molar-refractivity contribution in [2.45, 2.75) is 57.7 Å². The quantitative estimate of drug-likeness (QED) is 0.729. The maximum Gasteiger partial charge on any atom is 0.311 e. The summed E-state index contributed by atoms with van der Waals surface area (Å²) in [5.74, 6) is -1.42. The third-order valence-electron chi connectivity index (χ3n) is 3.24. The molecule has 2 aliphatic rings. The highest BCUT2D eigenvalue weighted by atomic mass is 16.8. The number of ether oxygens (including phenoxy) is 3. The van der Waals surface area contributed by atoms with Gasteiger partial charge in [-0.05, 0) is 27.2 Å². The zero-order valence-electron chi connectivity index (χ0n) is 10.5. The largest absolute Gasteiger partial charge is 0.466 e. The first-order chi connectivity index (χ1) is 7.93. The summed E-state index contributed by atoms with van der Waals surface area (Å²) >= 11 is 0. The van der Waals surface area contributed by atoms with Crippen LogP contribution in [0.3, 0.4) is 0 Å². The van der Waals surface area contributed by atoms with Gasteiger partial charge in [-0.3, -0.25) is 4.79 Å². The van der Waals surface area contributed by atoms with Gasteiger partial charge in [0.25, 0.3) is 0 Å². The van der Waals surface area contributed by atoms with Crippen molar-refractivity contribution in [2.75, 3.05) is 6.61 Å². The van der Waals surface area contributed by atoms with Gasteiger partial charge >= 0.3 is 5.97 Å². The summed E-state index contributed by atoms with van der Waals surface area (Å²) in [7, 11) is 0. The second-order valence-corrected chi connectivity index (χ2v) is 5.12. The van der Waals surface area contributed by atoms with Gasteiger partial charge in [-0.1, -0.05) is 0 Å². The minimum atomic E-state index is -0.690. The predicted molar refractivity (Wildman–Crippen MR) is 59.2 cm³/mol. The van der Waals surface area contributed by atoms with Crippen molar-refractivity contribution in [3.8, 4) is 0 Å². The Morgan fingerprint density at radius 2 is 2.12 bits per heavy atom. The van der Waals surface area contributed by atoms with Crippen LogP contribution >= 0.6 is 0 Å². The van der Waals surface area contributed by atoms with E-state index in [0.717, 1.165) is 0 Å². The molecule has 1 aliphatic carbocycles. The van der Waals surface area contributed by atoms with Crippen LogP contribution in [0.2, 0.25) is 0 Å². The third-order valence-corrected chi connectivity index (χ3v) is 3.24. The van der Waals surface area contributed by atoms with Crippen LogP contribution in [0, 0.1) is 5.92 Å². The molecule has 0 aromatic heterocycles. The van der Waals surface area contributed by atoms with Crippen LogP contribution in [0.4, 0.5) is 0 Å². The first-order valence-electron chi connectivity index (χ1n) is 6.13. The number of aliphatic hydroxyl groups excluding tert-OH is 1. The Morgan fingerprint density at radius 3 is 2.76 bits per heavy atom. The molecule has 1 saturated heterocycles. The van der Waals surface area contributed by atoms with Gasteiger partial charge in [0.15, 0.2) is 5.79 Å². The van der Waals surface area contributed by atoms with E-state index < -0.39 is 17.8 Å².